The number of esters is 3. The standard InChI is InChI=1S/C29H54O7S/c1-20(2)28(11,23(32)34-13)19-27(9,10)37-15-14-22(31)35-16-21(30)17-36-24(33)29(12,26(6,7)8)18-25(3,4)5/h20-21,30H,14-19H2,1-13H3. The number of hydrogen-bond acceptors (Lipinski definition) is 8. The highest BCUT2D eigenvalue weighted by atomic mass is 32.2. The van der Waals surface area contributed by atoms with Crippen molar-refractivity contribution >= 4 is 29.7 Å². The Kier molecular flexibility index (Phi) is 13.2. The third-order valence-electron chi connectivity index (χ3n) is 7.35. The highest BCUT2D eigenvalue weighted by Gasteiger charge is 2.48. The molecule has 0 amide bonds. The van der Waals surface area contributed by atoms with Gasteiger partial charge in [0.1, 0.15) is 19.3 Å². The number of aliphatic hydroxyl groups excluding tert-OH is 1. The van der Waals surface area contributed by atoms with Crippen molar-refractivity contribution in [2.75, 3.05) is 26.1 Å². The second-order valence-electron chi connectivity index (χ2n) is 13.9. The van der Waals surface area contributed by atoms with E-state index in [2.05, 4.69) is 34.6 Å². The summed E-state index contributed by atoms with van der Waals surface area (Å²) in [5, 5.41) is 10.3. The molecule has 1 N–H and O–H groups in total. The fraction of sp³-hybridized carbons (Fsp3) is 0.897. The van der Waals surface area contributed by atoms with Gasteiger partial charge in [0, 0.05) is 10.5 Å². The van der Waals surface area contributed by atoms with Gasteiger partial charge < -0.3 is 19.3 Å². The number of carbonyl (C=O) groups is 3. The summed E-state index contributed by atoms with van der Waals surface area (Å²) in [7, 11) is 1.41. The molecule has 0 heterocycles. The second kappa shape index (κ2) is 13.7. The largest absolute Gasteiger partial charge is 0.469 e. The fourth-order valence-corrected chi connectivity index (χ4v) is 5.66. The molecule has 0 rings (SSSR count). The monoisotopic (exact) mass is 546 g/mol. The van der Waals surface area contributed by atoms with Crippen LogP contribution in [0, 0.1) is 27.6 Å². The molecule has 3 atom stereocenters. The molecule has 0 aromatic heterocycles. The van der Waals surface area contributed by atoms with E-state index >= 15 is 0 Å². The Labute approximate surface area is 230 Å². The van der Waals surface area contributed by atoms with Crippen LogP contribution in [0.15, 0.2) is 0 Å². The number of carbonyl (C=O) groups excluding carboxylic acids is 3. The molecule has 0 saturated carbocycles. The van der Waals surface area contributed by atoms with Gasteiger partial charge in [0.2, 0.25) is 0 Å². The van der Waals surface area contributed by atoms with E-state index in [1.165, 1.54) is 7.11 Å². The molecule has 0 aliphatic rings. The van der Waals surface area contributed by atoms with Crippen LogP contribution in [0.2, 0.25) is 0 Å². The molecule has 218 valence electrons. The molecule has 37 heavy (non-hydrogen) atoms. The Morgan fingerprint density at radius 2 is 1.32 bits per heavy atom. The molecule has 0 spiro atoms. The van der Waals surface area contributed by atoms with Crippen molar-refractivity contribution in [3.63, 3.8) is 0 Å². The van der Waals surface area contributed by atoms with Gasteiger partial charge in [-0.3, -0.25) is 14.4 Å². The first-order valence-corrected chi connectivity index (χ1v) is 14.2. The fourth-order valence-electron chi connectivity index (χ4n) is 4.44. The van der Waals surface area contributed by atoms with E-state index in [-0.39, 0.29) is 53.1 Å². The van der Waals surface area contributed by atoms with E-state index in [9.17, 15) is 19.5 Å². The zero-order valence-corrected chi connectivity index (χ0v) is 26.5. The van der Waals surface area contributed by atoms with Crippen molar-refractivity contribution in [1.82, 2.24) is 0 Å². The topological polar surface area (TPSA) is 99.1 Å². The SMILES string of the molecule is COC(=O)C(C)(CC(C)(C)SCCC(=O)OCC(O)COC(=O)C(C)(CC(C)(C)C)C(C)(C)C)C(C)C. The summed E-state index contributed by atoms with van der Waals surface area (Å²) in [4.78, 5) is 37.6. The molecule has 0 radical (unpaired) electrons. The average Bonchev–Trinajstić information content (AvgIpc) is 2.72. The Bertz CT molecular complexity index is 763. The second-order valence-corrected chi connectivity index (χ2v) is 15.7. The Balaban J connectivity index is 4.72. The van der Waals surface area contributed by atoms with Crippen LogP contribution < -0.4 is 0 Å². The predicted molar refractivity (Wildman–Crippen MR) is 150 cm³/mol. The van der Waals surface area contributed by atoms with E-state index in [1.54, 1.807) is 11.8 Å². The maximum Gasteiger partial charge on any atom is 0.312 e. The lowest BCUT2D eigenvalue weighted by atomic mass is 9.61. The molecule has 0 aromatic carbocycles. The summed E-state index contributed by atoms with van der Waals surface area (Å²) in [6.07, 6.45) is 0.321. The van der Waals surface area contributed by atoms with Gasteiger partial charge in [0.25, 0.3) is 0 Å². The number of aliphatic hydroxyl groups is 1. The lowest BCUT2D eigenvalue weighted by Gasteiger charge is -2.43. The zero-order valence-electron chi connectivity index (χ0n) is 25.7. The third kappa shape index (κ3) is 11.6. The number of thioether (sulfide) groups is 1. The highest BCUT2D eigenvalue weighted by molar-refractivity contribution is 8.00. The minimum Gasteiger partial charge on any atom is -0.469 e. The first-order chi connectivity index (χ1) is 16.5. The van der Waals surface area contributed by atoms with Gasteiger partial charge in [-0.2, -0.15) is 11.8 Å². The summed E-state index contributed by atoms with van der Waals surface area (Å²) < 4.78 is 15.5. The van der Waals surface area contributed by atoms with Crippen LogP contribution in [-0.4, -0.2) is 59.9 Å². The summed E-state index contributed by atoms with van der Waals surface area (Å²) in [5.41, 5.74) is -1.76. The quantitative estimate of drug-likeness (QED) is 0.208. The van der Waals surface area contributed by atoms with Crippen LogP contribution in [-0.2, 0) is 28.6 Å². The van der Waals surface area contributed by atoms with Crippen molar-refractivity contribution in [2.45, 2.75) is 113 Å². The molecule has 7 nitrogen and oxygen atoms in total. The summed E-state index contributed by atoms with van der Waals surface area (Å²) >= 11 is 1.60. The zero-order chi connectivity index (χ0) is 29.5. The van der Waals surface area contributed by atoms with Gasteiger partial charge >= 0.3 is 17.9 Å². The number of ether oxygens (including phenoxy) is 3. The average molecular weight is 547 g/mol. The lowest BCUT2D eigenvalue weighted by Crippen LogP contribution is -2.45. The predicted octanol–water partition coefficient (Wildman–Crippen LogP) is 6.05. The van der Waals surface area contributed by atoms with E-state index in [1.807, 2.05) is 48.5 Å². The van der Waals surface area contributed by atoms with Crippen LogP contribution in [0.5, 0.6) is 0 Å². The third-order valence-corrected chi connectivity index (χ3v) is 8.69. The molecule has 0 aliphatic heterocycles. The van der Waals surface area contributed by atoms with Gasteiger partial charge in [0.05, 0.1) is 24.4 Å². The smallest absolute Gasteiger partial charge is 0.312 e. The number of methoxy groups -OCH3 is 1. The molecule has 0 aliphatic carbocycles. The van der Waals surface area contributed by atoms with Crippen LogP contribution >= 0.6 is 11.8 Å². The summed E-state index contributed by atoms with van der Waals surface area (Å²) in [5.74, 6) is -0.398. The van der Waals surface area contributed by atoms with Crippen molar-refractivity contribution in [3.8, 4) is 0 Å². The molecule has 0 fully saturated rings. The van der Waals surface area contributed by atoms with E-state index in [0.29, 0.717) is 18.6 Å². The molecule has 0 saturated heterocycles. The Morgan fingerprint density at radius 1 is 0.811 bits per heavy atom. The number of hydrogen-bond donors (Lipinski definition) is 1. The maximum atomic E-state index is 13.0. The van der Waals surface area contributed by atoms with Gasteiger partial charge in [-0.05, 0) is 43.4 Å². The molecular weight excluding hydrogens is 492 g/mol. The van der Waals surface area contributed by atoms with Crippen molar-refractivity contribution in [3.05, 3.63) is 0 Å². The van der Waals surface area contributed by atoms with Gasteiger partial charge in [-0.15, -0.1) is 0 Å². The first kappa shape index (κ1) is 35.7. The summed E-state index contributed by atoms with van der Waals surface area (Å²) in [6, 6.07) is 0. The molecule has 0 bridgehead atoms. The van der Waals surface area contributed by atoms with Gasteiger partial charge in [-0.25, -0.2) is 0 Å². The molecule has 8 heteroatoms. The first-order valence-electron chi connectivity index (χ1n) is 13.2. The van der Waals surface area contributed by atoms with E-state index < -0.39 is 22.9 Å². The van der Waals surface area contributed by atoms with E-state index in [4.69, 9.17) is 14.2 Å². The molecule has 0 aromatic rings. The minimum atomic E-state index is -1.09. The Hall–Kier alpha value is -1.28. The lowest BCUT2D eigenvalue weighted by molar-refractivity contribution is -0.169. The van der Waals surface area contributed by atoms with Crippen LogP contribution in [0.3, 0.4) is 0 Å². The normalized spacial score (nSPS) is 16.9. The maximum absolute atomic E-state index is 13.0. The van der Waals surface area contributed by atoms with Crippen molar-refractivity contribution < 1.29 is 33.7 Å². The van der Waals surface area contributed by atoms with Crippen LogP contribution in [0.25, 0.3) is 0 Å². The molecule has 3 unspecified atom stereocenters. The minimum absolute atomic E-state index is 0.0749. The van der Waals surface area contributed by atoms with Crippen molar-refractivity contribution in [2.24, 2.45) is 27.6 Å². The van der Waals surface area contributed by atoms with Crippen LogP contribution in [0.1, 0.15) is 102 Å². The Morgan fingerprint density at radius 3 is 1.76 bits per heavy atom. The summed E-state index contributed by atoms with van der Waals surface area (Å²) in [6.45, 7) is 23.7. The van der Waals surface area contributed by atoms with Gasteiger partial charge in [-0.1, -0.05) is 69.2 Å². The molecular formula is C29H54O7S. The highest BCUT2D eigenvalue weighted by Crippen LogP contribution is 2.47. The van der Waals surface area contributed by atoms with Gasteiger partial charge in [0.15, 0.2) is 0 Å². The number of rotatable bonds is 14. The van der Waals surface area contributed by atoms with Crippen molar-refractivity contribution in [1.29, 1.82) is 0 Å². The van der Waals surface area contributed by atoms with Crippen LogP contribution in [0.4, 0.5) is 0 Å². The van der Waals surface area contributed by atoms with E-state index in [0.717, 1.165) is 0 Å².